The van der Waals surface area contributed by atoms with Gasteiger partial charge in [0, 0.05) is 11.6 Å². The Hall–Kier alpha value is -1.91. The molecule has 2 aliphatic rings. The number of ether oxygens (including phenoxy) is 2. The average Bonchev–Trinajstić information content (AvgIpc) is 2.99. The average molecular weight is 290 g/mol. The molecule has 1 unspecified atom stereocenters. The van der Waals surface area contributed by atoms with Crippen molar-refractivity contribution in [3.63, 3.8) is 0 Å². The lowest BCUT2D eigenvalue weighted by molar-refractivity contribution is 0.208. The van der Waals surface area contributed by atoms with Crippen molar-refractivity contribution in [3.05, 3.63) is 23.8 Å². The van der Waals surface area contributed by atoms with E-state index in [1.807, 2.05) is 18.2 Å². The van der Waals surface area contributed by atoms with Gasteiger partial charge in [0.25, 0.3) is 0 Å². The van der Waals surface area contributed by atoms with E-state index in [9.17, 15) is 4.79 Å². The maximum atomic E-state index is 12.0. The monoisotopic (exact) mass is 290 g/mol. The van der Waals surface area contributed by atoms with Gasteiger partial charge in [0.15, 0.2) is 11.5 Å². The molecule has 1 atom stereocenters. The van der Waals surface area contributed by atoms with Gasteiger partial charge in [-0.2, -0.15) is 0 Å². The topological polar surface area (TPSA) is 59.6 Å². The van der Waals surface area contributed by atoms with Crippen LogP contribution in [0.15, 0.2) is 18.2 Å². The first-order valence-corrected chi connectivity index (χ1v) is 7.62. The Bertz CT molecular complexity index is 512. The van der Waals surface area contributed by atoms with Gasteiger partial charge in [0.05, 0.1) is 13.2 Å². The molecule has 0 aromatic heterocycles. The quantitative estimate of drug-likeness (QED) is 0.897. The van der Waals surface area contributed by atoms with E-state index in [2.05, 4.69) is 10.6 Å². The predicted octanol–water partition coefficient (Wildman–Crippen LogP) is 2.24. The molecule has 5 nitrogen and oxygen atoms in total. The van der Waals surface area contributed by atoms with Crippen LogP contribution in [0, 0.1) is 0 Å². The van der Waals surface area contributed by atoms with E-state index in [4.69, 9.17) is 9.47 Å². The van der Waals surface area contributed by atoms with E-state index < -0.39 is 0 Å². The second kappa shape index (κ2) is 6.24. The molecule has 1 saturated carbocycles. The Morgan fingerprint density at radius 3 is 2.76 bits per heavy atom. The fourth-order valence-electron chi connectivity index (χ4n) is 3.13. The molecule has 2 N–H and O–H groups in total. The van der Waals surface area contributed by atoms with Crippen LogP contribution in [0.1, 0.15) is 31.2 Å². The number of carbonyl (C=O) groups is 1. The van der Waals surface area contributed by atoms with E-state index in [0.29, 0.717) is 12.6 Å². The van der Waals surface area contributed by atoms with Gasteiger partial charge in [0.2, 0.25) is 0 Å². The fraction of sp³-hybridized carbons (Fsp3) is 0.562. The summed E-state index contributed by atoms with van der Waals surface area (Å²) < 4.78 is 11.1. The molecule has 0 saturated heterocycles. The third-order valence-corrected chi connectivity index (χ3v) is 4.20. The Morgan fingerprint density at radius 2 is 2.00 bits per heavy atom. The molecule has 0 bridgehead atoms. The number of nitrogens with one attached hydrogen (secondary N) is 2. The van der Waals surface area contributed by atoms with Crippen molar-refractivity contribution in [3.8, 4) is 11.5 Å². The smallest absolute Gasteiger partial charge is 0.315 e. The summed E-state index contributed by atoms with van der Waals surface area (Å²) in [4.78, 5) is 12.0. The lowest BCUT2D eigenvalue weighted by Crippen LogP contribution is -2.49. The molecule has 1 aliphatic carbocycles. The number of fused-ring (bicyclic) bond motifs is 1. The first-order valence-electron chi connectivity index (χ1n) is 7.62. The van der Waals surface area contributed by atoms with Gasteiger partial charge >= 0.3 is 6.03 Å². The molecule has 1 heterocycles. The maximum absolute atomic E-state index is 12.0. The summed E-state index contributed by atoms with van der Waals surface area (Å²) in [5.41, 5.74) is 1.08. The molecule has 1 aliphatic heterocycles. The van der Waals surface area contributed by atoms with Gasteiger partial charge < -0.3 is 20.1 Å². The van der Waals surface area contributed by atoms with Crippen molar-refractivity contribution in [1.29, 1.82) is 0 Å². The summed E-state index contributed by atoms with van der Waals surface area (Å²) in [6, 6.07) is 6.11. The Morgan fingerprint density at radius 1 is 1.24 bits per heavy atom. The number of para-hydroxylation sites is 1. The first-order chi connectivity index (χ1) is 10.3. The fourth-order valence-corrected chi connectivity index (χ4v) is 3.13. The molecule has 0 spiro atoms. The Balaban J connectivity index is 1.57. The third kappa shape index (κ3) is 3.23. The van der Waals surface area contributed by atoms with Gasteiger partial charge in [-0.05, 0) is 25.3 Å². The molecule has 2 amide bonds. The van der Waals surface area contributed by atoms with Crippen LogP contribution in [0.5, 0.6) is 11.5 Å². The van der Waals surface area contributed by atoms with Gasteiger partial charge in [-0.1, -0.05) is 25.0 Å². The molecule has 5 heteroatoms. The number of carbonyl (C=O) groups excluding carboxylic acids is 1. The molecular weight excluding hydrogens is 268 g/mol. The van der Waals surface area contributed by atoms with Gasteiger partial charge in [-0.3, -0.25) is 0 Å². The van der Waals surface area contributed by atoms with Crippen molar-refractivity contribution in [2.75, 3.05) is 13.7 Å². The maximum Gasteiger partial charge on any atom is 0.315 e. The van der Waals surface area contributed by atoms with Crippen LogP contribution in [-0.2, 0) is 6.42 Å². The number of benzene rings is 1. The van der Waals surface area contributed by atoms with Crippen molar-refractivity contribution in [2.45, 2.75) is 44.2 Å². The number of methoxy groups -OCH3 is 1. The Labute approximate surface area is 125 Å². The molecular formula is C16H22N2O3. The number of hydrogen-bond acceptors (Lipinski definition) is 3. The van der Waals surface area contributed by atoms with E-state index in [1.165, 1.54) is 12.8 Å². The first kappa shape index (κ1) is 14.0. The van der Waals surface area contributed by atoms with Crippen LogP contribution in [-0.4, -0.2) is 31.8 Å². The summed E-state index contributed by atoms with van der Waals surface area (Å²) in [6.45, 7) is 0.478. The zero-order valence-electron chi connectivity index (χ0n) is 12.4. The predicted molar refractivity (Wildman–Crippen MR) is 79.9 cm³/mol. The van der Waals surface area contributed by atoms with E-state index in [0.717, 1.165) is 36.3 Å². The molecule has 0 radical (unpaired) electrons. The highest BCUT2D eigenvalue weighted by Gasteiger charge is 2.25. The zero-order chi connectivity index (χ0) is 14.7. The molecule has 114 valence electrons. The minimum atomic E-state index is -0.0816. The van der Waals surface area contributed by atoms with Gasteiger partial charge in [-0.25, -0.2) is 4.79 Å². The minimum absolute atomic E-state index is 0.00556. The summed E-state index contributed by atoms with van der Waals surface area (Å²) in [7, 11) is 1.64. The lowest BCUT2D eigenvalue weighted by atomic mass is 10.0. The van der Waals surface area contributed by atoms with E-state index >= 15 is 0 Å². The molecule has 1 fully saturated rings. The zero-order valence-corrected chi connectivity index (χ0v) is 12.4. The van der Waals surface area contributed by atoms with Crippen LogP contribution in [0.25, 0.3) is 0 Å². The highest BCUT2D eigenvalue weighted by Crippen LogP contribution is 2.34. The van der Waals surface area contributed by atoms with Gasteiger partial charge in [-0.15, -0.1) is 0 Å². The molecule has 21 heavy (non-hydrogen) atoms. The number of amides is 2. The van der Waals surface area contributed by atoms with Crippen molar-refractivity contribution >= 4 is 6.03 Å². The molecule has 1 aromatic rings. The second-order valence-corrected chi connectivity index (χ2v) is 5.76. The van der Waals surface area contributed by atoms with Crippen LogP contribution in [0.2, 0.25) is 0 Å². The minimum Gasteiger partial charge on any atom is -0.493 e. The highest BCUT2D eigenvalue weighted by atomic mass is 16.5. The van der Waals surface area contributed by atoms with Gasteiger partial charge in [0.1, 0.15) is 6.61 Å². The Kier molecular flexibility index (Phi) is 4.18. The normalized spacial score (nSPS) is 21.3. The largest absolute Gasteiger partial charge is 0.493 e. The van der Waals surface area contributed by atoms with Crippen LogP contribution in [0.4, 0.5) is 4.79 Å². The summed E-state index contributed by atoms with van der Waals surface area (Å²) >= 11 is 0. The standard InChI is InChI=1S/C16H22N2O3/c1-20-14-8-4-5-11-9-13(10-21-15(11)14)18-16(19)17-12-6-2-3-7-12/h4-5,8,12-13H,2-3,6-7,9-10H2,1H3,(H2,17,18,19). The number of urea groups is 1. The summed E-state index contributed by atoms with van der Waals surface area (Å²) in [5.74, 6) is 1.55. The molecule has 1 aromatic carbocycles. The number of hydrogen-bond donors (Lipinski definition) is 2. The van der Waals surface area contributed by atoms with Crippen molar-refractivity contribution in [1.82, 2.24) is 10.6 Å². The van der Waals surface area contributed by atoms with Crippen molar-refractivity contribution < 1.29 is 14.3 Å². The SMILES string of the molecule is COc1cccc2c1OCC(NC(=O)NC1CCCC1)C2. The summed E-state index contributed by atoms with van der Waals surface area (Å²) in [5, 5.41) is 6.05. The van der Waals surface area contributed by atoms with Crippen molar-refractivity contribution in [2.24, 2.45) is 0 Å². The number of rotatable bonds is 3. The lowest BCUT2D eigenvalue weighted by Gasteiger charge is -2.27. The van der Waals surface area contributed by atoms with E-state index in [1.54, 1.807) is 7.11 Å². The highest BCUT2D eigenvalue weighted by molar-refractivity contribution is 5.74. The summed E-state index contributed by atoms with van der Waals surface area (Å²) in [6.07, 6.45) is 5.38. The second-order valence-electron chi connectivity index (χ2n) is 5.76. The third-order valence-electron chi connectivity index (χ3n) is 4.20. The van der Waals surface area contributed by atoms with E-state index in [-0.39, 0.29) is 12.1 Å². The van der Waals surface area contributed by atoms with Crippen LogP contribution >= 0.6 is 0 Å². The van der Waals surface area contributed by atoms with Crippen LogP contribution < -0.4 is 20.1 Å². The molecule has 3 rings (SSSR count). The van der Waals surface area contributed by atoms with Crippen LogP contribution in [0.3, 0.4) is 0 Å².